The van der Waals surface area contributed by atoms with Crippen molar-refractivity contribution in [3.05, 3.63) is 84.9 Å². The zero-order valence-corrected chi connectivity index (χ0v) is 16.2. The lowest BCUT2D eigenvalue weighted by atomic mass is 10.1. The molecule has 0 spiro atoms. The monoisotopic (exact) mass is 411 g/mol. The second-order valence-corrected chi connectivity index (χ2v) is 6.93. The molecule has 7 heteroatoms. The smallest absolute Gasteiger partial charge is 0.374 e. The zero-order chi connectivity index (χ0) is 20.6. The lowest BCUT2D eigenvalue weighted by molar-refractivity contribution is -0.119. The van der Waals surface area contributed by atoms with E-state index in [1.54, 1.807) is 36.4 Å². The Labute approximate surface area is 171 Å². The first-order valence-electron chi connectivity index (χ1n) is 8.73. The molecular formula is C22H18FNO4S. The summed E-state index contributed by atoms with van der Waals surface area (Å²) in [5.74, 6) is -0.965. The highest BCUT2D eigenvalue weighted by Gasteiger charge is 2.17. The van der Waals surface area contributed by atoms with Gasteiger partial charge in [0.25, 0.3) is 5.91 Å². The first kappa shape index (κ1) is 20.4. The minimum atomic E-state index is -0.808. The van der Waals surface area contributed by atoms with Crippen LogP contribution in [0.15, 0.2) is 82.6 Å². The van der Waals surface area contributed by atoms with Gasteiger partial charge in [-0.15, -0.1) is 18.3 Å². The molecule has 29 heavy (non-hydrogen) atoms. The highest BCUT2D eigenvalue weighted by Crippen LogP contribution is 2.27. The number of rotatable bonds is 8. The van der Waals surface area contributed by atoms with Crippen LogP contribution >= 0.6 is 11.8 Å². The molecule has 2 aromatic carbocycles. The third-order valence-corrected chi connectivity index (χ3v) is 4.87. The minimum absolute atomic E-state index is 0.113. The fraction of sp³-hybridized carbons (Fsp3) is 0.0909. The average Bonchev–Trinajstić information content (AvgIpc) is 3.22. The SMILES string of the molecule is C=CCSc1ccccc1NC(=O)COC(=O)c1ccc(-c2ccccc2F)o1. The Balaban J connectivity index is 1.58. The quantitative estimate of drug-likeness (QED) is 0.315. The number of halogens is 1. The topological polar surface area (TPSA) is 68.5 Å². The molecule has 0 aliphatic carbocycles. The van der Waals surface area contributed by atoms with Crippen LogP contribution in [0.2, 0.25) is 0 Å². The van der Waals surface area contributed by atoms with E-state index in [2.05, 4.69) is 11.9 Å². The van der Waals surface area contributed by atoms with Crippen molar-refractivity contribution >= 4 is 29.3 Å². The molecule has 0 atom stereocenters. The van der Waals surface area contributed by atoms with Crippen LogP contribution in [0, 0.1) is 5.82 Å². The number of furan rings is 1. The maximum absolute atomic E-state index is 13.8. The summed E-state index contributed by atoms with van der Waals surface area (Å²) in [6, 6.07) is 16.2. The van der Waals surface area contributed by atoms with E-state index in [1.165, 1.54) is 30.0 Å². The number of carbonyl (C=O) groups is 2. The molecule has 1 heterocycles. The van der Waals surface area contributed by atoms with E-state index in [1.807, 2.05) is 12.1 Å². The molecule has 1 aromatic heterocycles. The van der Waals surface area contributed by atoms with E-state index in [0.29, 0.717) is 11.4 Å². The van der Waals surface area contributed by atoms with E-state index >= 15 is 0 Å². The molecular weight excluding hydrogens is 393 g/mol. The normalized spacial score (nSPS) is 10.4. The van der Waals surface area contributed by atoms with Crippen LogP contribution in [0.4, 0.5) is 10.1 Å². The van der Waals surface area contributed by atoms with Crippen LogP contribution in [0.3, 0.4) is 0 Å². The number of amides is 1. The lowest BCUT2D eigenvalue weighted by Gasteiger charge is -2.10. The summed E-state index contributed by atoms with van der Waals surface area (Å²) in [5.41, 5.74) is 0.859. The van der Waals surface area contributed by atoms with Crippen molar-refractivity contribution < 1.29 is 23.1 Å². The number of thioether (sulfide) groups is 1. The Hall–Kier alpha value is -3.32. The number of hydrogen-bond acceptors (Lipinski definition) is 5. The number of carbonyl (C=O) groups excluding carboxylic acids is 2. The summed E-state index contributed by atoms with van der Waals surface area (Å²) in [7, 11) is 0. The zero-order valence-electron chi connectivity index (χ0n) is 15.4. The van der Waals surface area contributed by atoms with E-state index < -0.39 is 24.3 Å². The van der Waals surface area contributed by atoms with Gasteiger partial charge in [0.1, 0.15) is 11.6 Å². The molecule has 3 rings (SSSR count). The van der Waals surface area contributed by atoms with Gasteiger partial charge in [0.05, 0.1) is 11.3 Å². The van der Waals surface area contributed by atoms with Crippen LogP contribution in [0.1, 0.15) is 10.6 Å². The Bertz CT molecular complexity index is 1030. The number of para-hydroxylation sites is 1. The minimum Gasteiger partial charge on any atom is -0.450 e. The van der Waals surface area contributed by atoms with Crippen molar-refractivity contribution in [2.45, 2.75) is 4.90 Å². The van der Waals surface area contributed by atoms with Crippen LogP contribution in [-0.4, -0.2) is 24.2 Å². The standard InChI is InChI=1S/C22H18FNO4S/c1-2-13-29-20-10-6-5-9-17(20)24-21(25)14-27-22(26)19-12-11-18(28-19)15-7-3-4-8-16(15)23/h2-12H,1,13-14H2,(H,24,25). The summed E-state index contributed by atoms with van der Waals surface area (Å²) in [6.07, 6.45) is 1.77. The maximum Gasteiger partial charge on any atom is 0.374 e. The first-order chi connectivity index (χ1) is 14.1. The molecule has 0 aliphatic heterocycles. The molecule has 5 nitrogen and oxygen atoms in total. The predicted octanol–water partition coefficient (Wildman–Crippen LogP) is 5.16. The number of hydrogen-bond donors (Lipinski definition) is 1. The Morgan fingerprint density at radius 3 is 2.66 bits per heavy atom. The predicted molar refractivity (Wildman–Crippen MR) is 110 cm³/mol. The van der Waals surface area contributed by atoms with Gasteiger partial charge in [0.15, 0.2) is 6.61 Å². The second kappa shape index (κ2) is 9.75. The largest absolute Gasteiger partial charge is 0.450 e. The van der Waals surface area contributed by atoms with Gasteiger partial charge in [-0.25, -0.2) is 9.18 Å². The number of benzene rings is 2. The van der Waals surface area contributed by atoms with Gasteiger partial charge in [-0.3, -0.25) is 4.79 Å². The van der Waals surface area contributed by atoms with Crippen molar-refractivity contribution in [1.29, 1.82) is 0 Å². The van der Waals surface area contributed by atoms with Gasteiger partial charge in [0, 0.05) is 10.6 Å². The Morgan fingerprint density at radius 1 is 1.10 bits per heavy atom. The summed E-state index contributed by atoms with van der Waals surface area (Å²) in [5, 5.41) is 2.71. The van der Waals surface area contributed by atoms with Gasteiger partial charge >= 0.3 is 5.97 Å². The molecule has 0 bridgehead atoms. The molecule has 148 valence electrons. The summed E-state index contributed by atoms with van der Waals surface area (Å²) in [4.78, 5) is 25.2. The van der Waals surface area contributed by atoms with Gasteiger partial charge < -0.3 is 14.5 Å². The number of esters is 1. The van der Waals surface area contributed by atoms with Crippen molar-refractivity contribution in [2.75, 3.05) is 17.7 Å². The lowest BCUT2D eigenvalue weighted by Crippen LogP contribution is -2.21. The average molecular weight is 411 g/mol. The molecule has 0 radical (unpaired) electrons. The molecule has 0 saturated heterocycles. The van der Waals surface area contributed by atoms with Crippen molar-refractivity contribution in [1.82, 2.24) is 0 Å². The van der Waals surface area contributed by atoms with E-state index in [9.17, 15) is 14.0 Å². The molecule has 0 aliphatic rings. The highest BCUT2D eigenvalue weighted by atomic mass is 32.2. The number of anilines is 1. The second-order valence-electron chi connectivity index (χ2n) is 5.86. The maximum atomic E-state index is 13.8. The third-order valence-electron chi connectivity index (χ3n) is 3.80. The molecule has 1 amide bonds. The Morgan fingerprint density at radius 2 is 1.86 bits per heavy atom. The van der Waals surface area contributed by atoms with Gasteiger partial charge in [0.2, 0.25) is 5.76 Å². The van der Waals surface area contributed by atoms with Crippen LogP contribution in [0.5, 0.6) is 0 Å². The van der Waals surface area contributed by atoms with Gasteiger partial charge in [-0.05, 0) is 36.4 Å². The Kier molecular flexibility index (Phi) is 6.86. The van der Waals surface area contributed by atoms with Crippen LogP contribution < -0.4 is 5.32 Å². The van der Waals surface area contributed by atoms with Gasteiger partial charge in [-0.1, -0.05) is 30.3 Å². The van der Waals surface area contributed by atoms with Crippen LogP contribution in [-0.2, 0) is 9.53 Å². The van der Waals surface area contributed by atoms with Crippen LogP contribution in [0.25, 0.3) is 11.3 Å². The molecule has 0 unspecified atom stereocenters. The molecule has 1 N–H and O–H groups in total. The third kappa shape index (κ3) is 5.36. The fourth-order valence-corrected chi connectivity index (χ4v) is 3.23. The number of ether oxygens (including phenoxy) is 1. The van der Waals surface area contributed by atoms with Crippen molar-refractivity contribution in [2.24, 2.45) is 0 Å². The van der Waals surface area contributed by atoms with E-state index in [-0.39, 0.29) is 17.1 Å². The van der Waals surface area contributed by atoms with E-state index in [4.69, 9.17) is 9.15 Å². The number of nitrogens with one attached hydrogen (secondary N) is 1. The van der Waals surface area contributed by atoms with E-state index in [0.717, 1.165) is 4.90 Å². The fourth-order valence-electron chi connectivity index (χ4n) is 2.49. The molecule has 3 aromatic rings. The summed E-state index contributed by atoms with van der Waals surface area (Å²) in [6.45, 7) is 3.20. The summed E-state index contributed by atoms with van der Waals surface area (Å²) >= 11 is 1.53. The van der Waals surface area contributed by atoms with Crippen molar-refractivity contribution in [3.63, 3.8) is 0 Å². The first-order valence-corrected chi connectivity index (χ1v) is 9.71. The summed E-state index contributed by atoms with van der Waals surface area (Å²) < 4.78 is 24.2. The highest BCUT2D eigenvalue weighted by molar-refractivity contribution is 7.99. The van der Waals surface area contributed by atoms with Crippen molar-refractivity contribution in [3.8, 4) is 11.3 Å². The van der Waals surface area contributed by atoms with Gasteiger partial charge in [-0.2, -0.15) is 0 Å². The molecule has 0 fully saturated rings. The molecule has 0 saturated carbocycles.